The second-order valence-electron chi connectivity index (χ2n) is 4.98. The molecule has 2 heteroatoms. The van der Waals surface area contributed by atoms with Crippen LogP contribution in [0, 0.1) is 6.92 Å². The Morgan fingerprint density at radius 2 is 1.93 bits per heavy atom. The number of nitrogens with zero attached hydrogens (tertiary/aromatic N) is 1. The number of rotatable bonds is 3. The molecule has 0 saturated heterocycles. The number of hydrogen-bond acceptors (Lipinski definition) is 1. The molecule has 0 unspecified atom stereocenters. The van der Waals surface area contributed by atoms with Crippen LogP contribution in [0.4, 0.5) is 0 Å². The summed E-state index contributed by atoms with van der Waals surface area (Å²) in [6.07, 6.45) is 4.52. The van der Waals surface area contributed by atoms with E-state index in [1.807, 2.05) is 0 Å². The molecule has 0 aromatic carbocycles. The number of pyridine rings is 1. The third-order valence-electron chi connectivity index (χ3n) is 2.45. The number of aryl methyl sites for hydroxylation is 2. The van der Waals surface area contributed by atoms with Crippen molar-refractivity contribution in [2.75, 3.05) is 0 Å². The Morgan fingerprint density at radius 1 is 1.29 bits per heavy atom. The second kappa shape index (κ2) is 4.26. The van der Waals surface area contributed by atoms with Gasteiger partial charge in [0, 0.05) is 11.9 Å². The fraction of sp³-hybridized carbons (Fsp3) is 0.583. The van der Waals surface area contributed by atoms with Crippen molar-refractivity contribution in [2.24, 2.45) is 0 Å². The summed E-state index contributed by atoms with van der Waals surface area (Å²) < 4.78 is 0. The average molecular weight is 207 g/mol. The zero-order valence-electron chi connectivity index (χ0n) is 10.0. The van der Waals surface area contributed by atoms with Crippen LogP contribution in [0.25, 0.3) is 0 Å². The van der Waals surface area contributed by atoms with Gasteiger partial charge < -0.3 is 0 Å². The highest BCUT2D eigenvalue weighted by Gasteiger charge is 2.20. The van der Waals surface area contributed by atoms with E-state index in [0.29, 0.717) is 0 Å². The summed E-state index contributed by atoms with van der Waals surface area (Å²) >= 11 is 0. The van der Waals surface area contributed by atoms with Gasteiger partial charge >= 0.3 is 0 Å². The Hall–Kier alpha value is -0.633. The molecule has 0 bridgehead atoms. The molecule has 1 heterocycles. The van der Waals surface area contributed by atoms with Crippen molar-refractivity contribution in [1.82, 2.24) is 4.98 Å². The Balaban J connectivity index is 3.15. The molecule has 0 aliphatic heterocycles. The number of aromatic nitrogens is 1. The van der Waals surface area contributed by atoms with Gasteiger partial charge in [-0.3, -0.25) is 4.98 Å². The Kier molecular flexibility index (Phi) is 3.48. The SMILES string of the molecule is CCCc1cc(C)ncc1[Si](C)(C)C. The van der Waals surface area contributed by atoms with Crippen molar-refractivity contribution in [3.63, 3.8) is 0 Å². The highest BCUT2D eigenvalue weighted by Crippen LogP contribution is 2.09. The van der Waals surface area contributed by atoms with Crippen LogP contribution in [0.1, 0.15) is 24.6 Å². The summed E-state index contributed by atoms with van der Waals surface area (Å²) in [5.41, 5.74) is 2.68. The van der Waals surface area contributed by atoms with E-state index < -0.39 is 8.07 Å². The summed E-state index contributed by atoms with van der Waals surface area (Å²) in [5, 5.41) is 1.53. The topological polar surface area (TPSA) is 12.9 Å². The van der Waals surface area contributed by atoms with Crippen molar-refractivity contribution < 1.29 is 0 Å². The highest BCUT2D eigenvalue weighted by molar-refractivity contribution is 6.89. The fourth-order valence-electron chi connectivity index (χ4n) is 1.77. The molecule has 1 rings (SSSR count). The lowest BCUT2D eigenvalue weighted by Gasteiger charge is -2.20. The molecule has 1 aromatic heterocycles. The Bertz CT molecular complexity index is 313. The smallest absolute Gasteiger partial charge is 0.0799 e. The summed E-state index contributed by atoms with van der Waals surface area (Å²) in [5.74, 6) is 0. The van der Waals surface area contributed by atoms with Gasteiger partial charge in [-0.2, -0.15) is 0 Å². The monoisotopic (exact) mass is 207 g/mol. The molecule has 14 heavy (non-hydrogen) atoms. The van der Waals surface area contributed by atoms with E-state index in [-0.39, 0.29) is 0 Å². The summed E-state index contributed by atoms with van der Waals surface area (Å²) in [4.78, 5) is 4.42. The molecule has 0 aliphatic rings. The molecule has 78 valence electrons. The minimum Gasteiger partial charge on any atom is -0.262 e. The molecule has 0 saturated carbocycles. The molecule has 0 amide bonds. The van der Waals surface area contributed by atoms with Gasteiger partial charge in [0.1, 0.15) is 0 Å². The van der Waals surface area contributed by atoms with E-state index in [9.17, 15) is 0 Å². The van der Waals surface area contributed by atoms with Gasteiger partial charge in [0.2, 0.25) is 0 Å². The maximum absolute atomic E-state index is 4.42. The lowest BCUT2D eigenvalue weighted by atomic mass is 10.1. The largest absolute Gasteiger partial charge is 0.262 e. The minimum atomic E-state index is -1.20. The highest BCUT2D eigenvalue weighted by atomic mass is 28.3. The van der Waals surface area contributed by atoms with Crippen LogP contribution in [0.15, 0.2) is 12.3 Å². The second-order valence-corrected chi connectivity index (χ2v) is 10.0. The third kappa shape index (κ3) is 2.68. The van der Waals surface area contributed by atoms with E-state index in [1.54, 1.807) is 0 Å². The first-order chi connectivity index (χ1) is 6.45. The molecule has 0 spiro atoms. The molecule has 0 fully saturated rings. The first kappa shape index (κ1) is 11.4. The van der Waals surface area contributed by atoms with Gasteiger partial charge in [-0.05, 0) is 30.2 Å². The summed E-state index contributed by atoms with van der Waals surface area (Å²) in [6.45, 7) is 11.5. The van der Waals surface area contributed by atoms with Crippen LogP contribution >= 0.6 is 0 Å². The van der Waals surface area contributed by atoms with E-state index in [4.69, 9.17) is 0 Å². The van der Waals surface area contributed by atoms with Gasteiger partial charge in [0.05, 0.1) is 8.07 Å². The third-order valence-corrected chi connectivity index (χ3v) is 4.52. The predicted molar refractivity (Wildman–Crippen MR) is 65.9 cm³/mol. The quantitative estimate of drug-likeness (QED) is 0.695. The molecule has 0 N–H and O–H groups in total. The molecular weight excluding hydrogens is 186 g/mol. The minimum absolute atomic E-state index is 1.15. The zero-order valence-corrected chi connectivity index (χ0v) is 11.0. The van der Waals surface area contributed by atoms with Crippen LogP contribution in [-0.4, -0.2) is 13.1 Å². The summed E-state index contributed by atoms with van der Waals surface area (Å²) in [6, 6.07) is 2.26. The van der Waals surface area contributed by atoms with Crippen LogP contribution in [0.2, 0.25) is 19.6 Å². The normalized spacial score (nSPS) is 11.8. The first-order valence-electron chi connectivity index (χ1n) is 5.41. The lowest BCUT2D eigenvalue weighted by Crippen LogP contribution is -2.40. The van der Waals surface area contributed by atoms with Crippen LogP contribution in [0.5, 0.6) is 0 Å². The maximum atomic E-state index is 4.42. The maximum Gasteiger partial charge on any atom is 0.0799 e. The van der Waals surface area contributed by atoms with Crippen molar-refractivity contribution in [3.8, 4) is 0 Å². The van der Waals surface area contributed by atoms with Crippen molar-refractivity contribution in [1.29, 1.82) is 0 Å². The molecule has 0 aliphatic carbocycles. The molecular formula is C12H21NSi. The zero-order chi connectivity index (χ0) is 10.8. The Labute approximate surface area is 88.6 Å². The molecule has 1 nitrogen and oxygen atoms in total. The molecule has 0 atom stereocenters. The van der Waals surface area contributed by atoms with Gasteiger partial charge in [-0.15, -0.1) is 0 Å². The number of hydrogen-bond donors (Lipinski definition) is 0. The van der Waals surface area contributed by atoms with Crippen molar-refractivity contribution >= 4 is 13.3 Å². The Morgan fingerprint density at radius 3 is 2.43 bits per heavy atom. The van der Waals surface area contributed by atoms with Gasteiger partial charge in [-0.25, -0.2) is 0 Å². The average Bonchev–Trinajstić information content (AvgIpc) is 2.02. The predicted octanol–water partition coefficient (Wildman–Crippen LogP) is 2.89. The van der Waals surface area contributed by atoms with E-state index in [2.05, 4.69) is 50.7 Å². The lowest BCUT2D eigenvalue weighted by molar-refractivity contribution is 0.920. The molecule has 0 radical (unpaired) electrons. The van der Waals surface area contributed by atoms with Crippen LogP contribution in [-0.2, 0) is 6.42 Å². The van der Waals surface area contributed by atoms with E-state index in [1.165, 1.54) is 23.6 Å². The van der Waals surface area contributed by atoms with E-state index in [0.717, 1.165) is 5.69 Å². The summed E-state index contributed by atoms with van der Waals surface area (Å²) in [7, 11) is -1.20. The fourth-order valence-corrected chi connectivity index (χ4v) is 3.38. The first-order valence-corrected chi connectivity index (χ1v) is 8.91. The van der Waals surface area contributed by atoms with Crippen LogP contribution < -0.4 is 5.19 Å². The van der Waals surface area contributed by atoms with Crippen molar-refractivity contribution in [3.05, 3.63) is 23.5 Å². The van der Waals surface area contributed by atoms with E-state index >= 15 is 0 Å². The molecule has 1 aromatic rings. The van der Waals surface area contributed by atoms with Gasteiger partial charge in [0.15, 0.2) is 0 Å². The standard InChI is InChI=1S/C12H21NSi/c1-6-7-11-8-10(2)13-9-12(11)14(3,4)5/h8-9H,6-7H2,1-5H3. The van der Waals surface area contributed by atoms with Gasteiger partial charge in [0.25, 0.3) is 0 Å². The van der Waals surface area contributed by atoms with Crippen molar-refractivity contribution in [2.45, 2.75) is 46.3 Å². The van der Waals surface area contributed by atoms with Crippen LogP contribution in [0.3, 0.4) is 0 Å². The van der Waals surface area contributed by atoms with Gasteiger partial charge in [-0.1, -0.05) is 33.0 Å².